The predicted molar refractivity (Wildman–Crippen MR) is 74.6 cm³/mol. The Kier molecular flexibility index (Phi) is 4.70. The number of hydrogen-bond acceptors (Lipinski definition) is 4. The summed E-state index contributed by atoms with van der Waals surface area (Å²) in [6, 6.07) is 0.712. The second-order valence-electron chi connectivity index (χ2n) is 4.76. The van der Waals surface area contributed by atoms with Gasteiger partial charge in [0.2, 0.25) is 0 Å². The maximum atomic E-state index is 4.49. The topological polar surface area (TPSA) is 41.1 Å². The Morgan fingerprint density at radius 2 is 2.28 bits per heavy atom. The fraction of sp³-hybridized carbons (Fsp3) is 0.571. The first-order valence-electron chi connectivity index (χ1n) is 6.73. The summed E-state index contributed by atoms with van der Waals surface area (Å²) in [5, 5.41) is 3.44. The van der Waals surface area contributed by atoms with Gasteiger partial charge in [0.25, 0.3) is 0 Å². The molecule has 1 fully saturated rings. The number of nitrogens with zero attached hydrogens (tertiary/aromatic N) is 3. The van der Waals surface area contributed by atoms with Gasteiger partial charge in [-0.25, -0.2) is 4.98 Å². The van der Waals surface area contributed by atoms with Crippen molar-refractivity contribution in [2.75, 3.05) is 18.0 Å². The number of nitrogens with one attached hydrogen (secondary N) is 1. The van der Waals surface area contributed by atoms with E-state index in [0.29, 0.717) is 6.04 Å². The van der Waals surface area contributed by atoms with Crippen molar-refractivity contribution in [2.24, 2.45) is 0 Å². The van der Waals surface area contributed by atoms with E-state index in [0.717, 1.165) is 37.6 Å². The molecule has 0 bridgehead atoms. The van der Waals surface area contributed by atoms with Crippen LogP contribution < -0.4 is 10.2 Å². The molecule has 0 spiro atoms. The maximum Gasteiger partial charge on any atom is 0.147 e. The molecule has 0 aliphatic heterocycles. The zero-order valence-corrected chi connectivity index (χ0v) is 11.1. The number of aromatic nitrogens is 2. The van der Waals surface area contributed by atoms with Crippen LogP contribution in [0.3, 0.4) is 0 Å². The van der Waals surface area contributed by atoms with E-state index in [2.05, 4.69) is 33.7 Å². The Labute approximate surface area is 109 Å². The molecule has 1 heterocycles. The predicted octanol–water partition coefficient (Wildman–Crippen LogP) is 2.13. The Morgan fingerprint density at radius 3 is 2.83 bits per heavy atom. The molecule has 4 nitrogen and oxygen atoms in total. The third kappa shape index (κ3) is 3.81. The standard InChI is InChI=1S/C14H22N4/c1-3-7-18(8-4-2)14-11-16-13(10-17-14)9-15-12-5-6-12/h3,10-12,15H,1,4-9H2,2H3. The molecule has 0 amide bonds. The third-order valence-electron chi connectivity index (χ3n) is 3.01. The van der Waals surface area contributed by atoms with Crippen LogP contribution in [0.2, 0.25) is 0 Å². The highest BCUT2D eigenvalue weighted by molar-refractivity contribution is 5.36. The zero-order valence-electron chi connectivity index (χ0n) is 11.1. The van der Waals surface area contributed by atoms with Crippen LogP contribution in [-0.2, 0) is 6.54 Å². The highest BCUT2D eigenvalue weighted by Gasteiger charge is 2.20. The van der Waals surface area contributed by atoms with Gasteiger partial charge in [0, 0.05) is 25.7 Å². The molecule has 1 aromatic rings. The molecule has 1 aliphatic rings. The number of anilines is 1. The van der Waals surface area contributed by atoms with E-state index in [1.165, 1.54) is 12.8 Å². The largest absolute Gasteiger partial charge is 0.352 e. The molecule has 98 valence electrons. The summed E-state index contributed by atoms with van der Waals surface area (Å²) in [6.45, 7) is 8.58. The normalized spacial score (nSPS) is 14.5. The highest BCUT2D eigenvalue weighted by Crippen LogP contribution is 2.19. The van der Waals surface area contributed by atoms with Crippen LogP contribution in [0.15, 0.2) is 25.0 Å². The lowest BCUT2D eigenvalue weighted by Crippen LogP contribution is -2.25. The summed E-state index contributed by atoms with van der Waals surface area (Å²) in [5.41, 5.74) is 1.01. The first-order chi connectivity index (χ1) is 8.83. The molecule has 1 aromatic heterocycles. The highest BCUT2D eigenvalue weighted by atomic mass is 15.2. The third-order valence-corrected chi connectivity index (χ3v) is 3.01. The lowest BCUT2D eigenvalue weighted by atomic mass is 10.3. The quantitative estimate of drug-likeness (QED) is 0.713. The van der Waals surface area contributed by atoms with Crippen LogP contribution in [-0.4, -0.2) is 29.1 Å². The van der Waals surface area contributed by atoms with Crippen molar-refractivity contribution in [3.8, 4) is 0 Å². The minimum Gasteiger partial charge on any atom is -0.352 e. The number of rotatable bonds is 8. The van der Waals surface area contributed by atoms with Crippen molar-refractivity contribution in [1.82, 2.24) is 15.3 Å². The van der Waals surface area contributed by atoms with Gasteiger partial charge in [-0.3, -0.25) is 4.98 Å². The Balaban J connectivity index is 1.92. The van der Waals surface area contributed by atoms with E-state index in [9.17, 15) is 0 Å². The fourth-order valence-electron chi connectivity index (χ4n) is 1.86. The van der Waals surface area contributed by atoms with E-state index in [-0.39, 0.29) is 0 Å². The van der Waals surface area contributed by atoms with Crippen molar-refractivity contribution in [2.45, 2.75) is 38.8 Å². The summed E-state index contributed by atoms with van der Waals surface area (Å²) in [6.07, 6.45) is 9.34. The van der Waals surface area contributed by atoms with Crippen molar-refractivity contribution in [1.29, 1.82) is 0 Å². The molecule has 0 atom stereocenters. The second-order valence-corrected chi connectivity index (χ2v) is 4.76. The smallest absolute Gasteiger partial charge is 0.147 e. The van der Waals surface area contributed by atoms with Crippen molar-refractivity contribution < 1.29 is 0 Å². The van der Waals surface area contributed by atoms with Crippen LogP contribution in [0.1, 0.15) is 31.9 Å². The van der Waals surface area contributed by atoms with Gasteiger partial charge in [0.05, 0.1) is 18.1 Å². The van der Waals surface area contributed by atoms with Crippen molar-refractivity contribution in [3.05, 3.63) is 30.7 Å². The molecular weight excluding hydrogens is 224 g/mol. The molecule has 0 unspecified atom stereocenters. The first kappa shape index (κ1) is 13.0. The van der Waals surface area contributed by atoms with Gasteiger partial charge in [-0.1, -0.05) is 13.0 Å². The minimum absolute atomic E-state index is 0.712. The van der Waals surface area contributed by atoms with Gasteiger partial charge in [-0.2, -0.15) is 0 Å². The van der Waals surface area contributed by atoms with Gasteiger partial charge < -0.3 is 10.2 Å². The van der Waals surface area contributed by atoms with Crippen LogP contribution in [0, 0.1) is 0 Å². The zero-order chi connectivity index (χ0) is 12.8. The average Bonchev–Trinajstić information content (AvgIpc) is 3.21. The fourth-order valence-corrected chi connectivity index (χ4v) is 1.86. The van der Waals surface area contributed by atoms with E-state index in [1.807, 2.05) is 18.5 Å². The molecule has 1 saturated carbocycles. The summed E-state index contributed by atoms with van der Waals surface area (Å²) < 4.78 is 0. The summed E-state index contributed by atoms with van der Waals surface area (Å²) >= 11 is 0. The molecule has 0 aromatic carbocycles. The monoisotopic (exact) mass is 246 g/mol. The molecule has 4 heteroatoms. The average molecular weight is 246 g/mol. The van der Waals surface area contributed by atoms with E-state index in [4.69, 9.17) is 0 Å². The van der Waals surface area contributed by atoms with E-state index < -0.39 is 0 Å². The SMILES string of the molecule is C=CCN(CCC)c1cnc(CNC2CC2)cn1. The molecule has 2 rings (SSSR count). The van der Waals surface area contributed by atoms with Crippen molar-refractivity contribution >= 4 is 5.82 Å². The second kappa shape index (κ2) is 6.50. The van der Waals surface area contributed by atoms with Crippen LogP contribution >= 0.6 is 0 Å². The summed E-state index contributed by atoms with van der Waals surface area (Å²) in [5.74, 6) is 0.937. The Morgan fingerprint density at radius 1 is 1.44 bits per heavy atom. The molecular formula is C14H22N4. The van der Waals surface area contributed by atoms with Gasteiger partial charge in [-0.05, 0) is 19.3 Å². The Bertz CT molecular complexity index is 370. The van der Waals surface area contributed by atoms with Crippen LogP contribution in [0.25, 0.3) is 0 Å². The molecule has 0 saturated heterocycles. The summed E-state index contributed by atoms with van der Waals surface area (Å²) in [4.78, 5) is 11.1. The van der Waals surface area contributed by atoms with E-state index >= 15 is 0 Å². The van der Waals surface area contributed by atoms with Gasteiger partial charge >= 0.3 is 0 Å². The van der Waals surface area contributed by atoms with Gasteiger partial charge in [0.15, 0.2) is 0 Å². The molecule has 18 heavy (non-hydrogen) atoms. The van der Waals surface area contributed by atoms with Crippen LogP contribution in [0.4, 0.5) is 5.82 Å². The van der Waals surface area contributed by atoms with Gasteiger partial charge in [-0.15, -0.1) is 6.58 Å². The van der Waals surface area contributed by atoms with Crippen LogP contribution in [0.5, 0.6) is 0 Å². The first-order valence-corrected chi connectivity index (χ1v) is 6.73. The lowest BCUT2D eigenvalue weighted by Gasteiger charge is -2.21. The van der Waals surface area contributed by atoms with Gasteiger partial charge in [0.1, 0.15) is 5.82 Å². The number of hydrogen-bond donors (Lipinski definition) is 1. The maximum absolute atomic E-state index is 4.49. The lowest BCUT2D eigenvalue weighted by molar-refractivity contribution is 0.670. The van der Waals surface area contributed by atoms with E-state index in [1.54, 1.807) is 0 Å². The van der Waals surface area contributed by atoms with Crippen molar-refractivity contribution in [3.63, 3.8) is 0 Å². The summed E-state index contributed by atoms with van der Waals surface area (Å²) in [7, 11) is 0. The Hall–Kier alpha value is -1.42. The minimum atomic E-state index is 0.712. The molecule has 1 N–H and O–H groups in total. The molecule has 1 aliphatic carbocycles. The molecule has 0 radical (unpaired) electrons.